The molecule has 1 heterocycles. The lowest BCUT2D eigenvalue weighted by molar-refractivity contribution is -0.118. The van der Waals surface area contributed by atoms with Crippen molar-refractivity contribution >= 4 is 35.0 Å². The molecule has 0 aliphatic carbocycles. The minimum atomic E-state index is -0.326. The molecule has 166 valence electrons. The SMILES string of the molecule is C/C(=N\NC(=O)CSc1nnc(-c2ccc(Cl)cc2)n1-c1ccccc1)c1ccc(F)cc1. The lowest BCUT2D eigenvalue weighted by Crippen LogP contribution is -2.21. The number of hydrogen-bond donors (Lipinski definition) is 1. The van der Waals surface area contributed by atoms with Crippen molar-refractivity contribution in [3.63, 3.8) is 0 Å². The molecule has 0 radical (unpaired) electrons. The molecular weight excluding hydrogens is 461 g/mol. The van der Waals surface area contributed by atoms with Gasteiger partial charge >= 0.3 is 0 Å². The van der Waals surface area contributed by atoms with Crippen LogP contribution in [0, 0.1) is 5.82 Å². The van der Waals surface area contributed by atoms with E-state index in [1.165, 1.54) is 23.9 Å². The molecular formula is C24H19ClFN5OS. The van der Waals surface area contributed by atoms with Crippen LogP contribution in [0.4, 0.5) is 4.39 Å². The number of nitrogens with one attached hydrogen (secondary N) is 1. The van der Waals surface area contributed by atoms with Crippen LogP contribution in [0.3, 0.4) is 0 Å². The summed E-state index contributed by atoms with van der Waals surface area (Å²) >= 11 is 7.28. The largest absolute Gasteiger partial charge is 0.272 e. The third-order valence-electron chi connectivity index (χ3n) is 4.69. The molecule has 33 heavy (non-hydrogen) atoms. The molecule has 9 heteroatoms. The Hall–Kier alpha value is -3.49. The maximum atomic E-state index is 13.1. The molecule has 4 rings (SSSR count). The highest BCUT2D eigenvalue weighted by atomic mass is 35.5. The lowest BCUT2D eigenvalue weighted by Gasteiger charge is -2.10. The molecule has 0 saturated heterocycles. The summed E-state index contributed by atoms with van der Waals surface area (Å²) in [4.78, 5) is 12.4. The van der Waals surface area contributed by atoms with Crippen molar-refractivity contribution in [2.45, 2.75) is 12.1 Å². The van der Waals surface area contributed by atoms with E-state index in [0.29, 0.717) is 21.7 Å². The van der Waals surface area contributed by atoms with E-state index in [0.717, 1.165) is 16.8 Å². The summed E-state index contributed by atoms with van der Waals surface area (Å²) in [5.41, 5.74) is 5.56. The molecule has 0 unspecified atom stereocenters. The van der Waals surface area contributed by atoms with Crippen molar-refractivity contribution in [1.82, 2.24) is 20.2 Å². The molecule has 4 aromatic rings. The van der Waals surface area contributed by atoms with Crippen LogP contribution in [0.25, 0.3) is 17.1 Å². The Morgan fingerprint density at radius 2 is 1.73 bits per heavy atom. The number of hydrazone groups is 1. The van der Waals surface area contributed by atoms with E-state index in [1.807, 2.05) is 47.0 Å². The van der Waals surface area contributed by atoms with Crippen LogP contribution in [0.1, 0.15) is 12.5 Å². The highest BCUT2D eigenvalue weighted by molar-refractivity contribution is 7.99. The first-order valence-corrected chi connectivity index (χ1v) is 11.4. The van der Waals surface area contributed by atoms with Crippen molar-refractivity contribution in [2.24, 2.45) is 5.10 Å². The van der Waals surface area contributed by atoms with Gasteiger partial charge in [0.15, 0.2) is 11.0 Å². The summed E-state index contributed by atoms with van der Waals surface area (Å²) in [6.07, 6.45) is 0. The number of para-hydroxylation sites is 1. The number of carbonyl (C=O) groups excluding carboxylic acids is 1. The molecule has 6 nitrogen and oxygen atoms in total. The van der Waals surface area contributed by atoms with Gasteiger partial charge in [-0.05, 0) is 61.0 Å². The fourth-order valence-corrected chi connectivity index (χ4v) is 3.89. The fourth-order valence-electron chi connectivity index (χ4n) is 3.02. The third-order valence-corrected chi connectivity index (χ3v) is 5.87. The molecule has 1 amide bonds. The molecule has 0 aliphatic heterocycles. The summed E-state index contributed by atoms with van der Waals surface area (Å²) in [5.74, 6) is 0.113. The molecule has 0 atom stereocenters. The van der Waals surface area contributed by atoms with Gasteiger partial charge in [-0.3, -0.25) is 9.36 Å². The first-order valence-electron chi connectivity index (χ1n) is 10.00. The highest BCUT2D eigenvalue weighted by Gasteiger charge is 2.17. The molecule has 1 N–H and O–H groups in total. The van der Waals surface area contributed by atoms with Crippen molar-refractivity contribution in [2.75, 3.05) is 5.75 Å². The van der Waals surface area contributed by atoms with E-state index < -0.39 is 0 Å². The average molecular weight is 480 g/mol. The van der Waals surface area contributed by atoms with E-state index in [1.54, 1.807) is 31.2 Å². The van der Waals surface area contributed by atoms with Gasteiger partial charge in [0.2, 0.25) is 0 Å². The lowest BCUT2D eigenvalue weighted by atomic mass is 10.1. The normalized spacial score (nSPS) is 11.4. The fraction of sp³-hybridized carbons (Fsp3) is 0.0833. The number of aromatic nitrogens is 3. The summed E-state index contributed by atoms with van der Waals surface area (Å²) < 4.78 is 15.0. The van der Waals surface area contributed by atoms with Gasteiger partial charge in [-0.15, -0.1) is 10.2 Å². The molecule has 1 aromatic heterocycles. The third kappa shape index (κ3) is 5.66. The average Bonchev–Trinajstić information content (AvgIpc) is 3.26. The maximum absolute atomic E-state index is 13.1. The van der Waals surface area contributed by atoms with Gasteiger partial charge < -0.3 is 0 Å². The van der Waals surface area contributed by atoms with Gasteiger partial charge in [0.05, 0.1) is 11.5 Å². The number of thioether (sulfide) groups is 1. The van der Waals surface area contributed by atoms with Crippen molar-refractivity contribution in [3.8, 4) is 17.1 Å². The predicted molar refractivity (Wildman–Crippen MR) is 129 cm³/mol. The van der Waals surface area contributed by atoms with Crippen LogP contribution in [0.2, 0.25) is 5.02 Å². The number of carbonyl (C=O) groups is 1. The zero-order chi connectivity index (χ0) is 23.2. The van der Waals surface area contributed by atoms with Crippen LogP contribution in [0.15, 0.2) is 89.1 Å². The summed E-state index contributed by atoms with van der Waals surface area (Å²) in [5, 5.41) is 14.0. The van der Waals surface area contributed by atoms with Crippen molar-refractivity contribution in [1.29, 1.82) is 0 Å². The van der Waals surface area contributed by atoms with Gasteiger partial charge in [0, 0.05) is 16.3 Å². The number of rotatable bonds is 7. The van der Waals surface area contributed by atoms with Gasteiger partial charge in [-0.1, -0.05) is 53.7 Å². The topological polar surface area (TPSA) is 72.2 Å². The summed E-state index contributed by atoms with van der Waals surface area (Å²) in [6.45, 7) is 1.74. The van der Waals surface area contributed by atoms with Crippen LogP contribution in [-0.4, -0.2) is 32.1 Å². The highest BCUT2D eigenvalue weighted by Crippen LogP contribution is 2.28. The Balaban J connectivity index is 1.51. The molecule has 0 fully saturated rings. The first kappa shape index (κ1) is 22.7. The van der Waals surface area contributed by atoms with E-state index in [4.69, 9.17) is 11.6 Å². The summed E-state index contributed by atoms with van der Waals surface area (Å²) in [7, 11) is 0. The quantitative estimate of drug-likeness (QED) is 0.220. The molecule has 0 saturated carbocycles. The van der Waals surface area contributed by atoms with Crippen LogP contribution in [0.5, 0.6) is 0 Å². The second-order valence-corrected chi connectivity index (χ2v) is 8.39. The number of halogens is 2. The van der Waals surface area contributed by atoms with Gasteiger partial charge in [-0.2, -0.15) is 5.10 Å². The van der Waals surface area contributed by atoms with E-state index in [2.05, 4.69) is 20.7 Å². The molecule has 3 aromatic carbocycles. The van der Waals surface area contributed by atoms with Gasteiger partial charge in [-0.25, -0.2) is 9.82 Å². The number of hydrogen-bond acceptors (Lipinski definition) is 5. The van der Waals surface area contributed by atoms with Crippen LogP contribution in [-0.2, 0) is 4.79 Å². The van der Waals surface area contributed by atoms with Crippen molar-refractivity contribution in [3.05, 3.63) is 95.3 Å². The zero-order valence-corrected chi connectivity index (χ0v) is 19.1. The Labute approximate surface area is 199 Å². The second kappa shape index (κ2) is 10.4. The summed E-state index contributed by atoms with van der Waals surface area (Å²) in [6, 6.07) is 22.9. The van der Waals surface area contributed by atoms with E-state index >= 15 is 0 Å². The Morgan fingerprint density at radius 1 is 1.03 bits per heavy atom. The smallest absolute Gasteiger partial charge is 0.250 e. The van der Waals surface area contributed by atoms with Gasteiger partial charge in [0.1, 0.15) is 5.82 Å². The second-order valence-electron chi connectivity index (χ2n) is 7.01. The molecule has 0 aliphatic rings. The van der Waals surface area contributed by atoms with Gasteiger partial charge in [0.25, 0.3) is 5.91 Å². The first-order chi connectivity index (χ1) is 16.0. The Bertz CT molecular complexity index is 1270. The number of benzene rings is 3. The van der Waals surface area contributed by atoms with Crippen LogP contribution < -0.4 is 5.43 Å². The number of amides is 1. The van der Waals surface area contributed by atoms with E-state index in [9.17, 15) is 9.18 Å². The monoisotopic (exact) mass is 479 g/mol. The number of nitrogens with zero attached hydrogens (tertiary/aromatic N) is 4. The Kier molecular flexibility index (Phi) is 7.16. The minimum absolute atomic E-state index is 0.0891. The molecule has 0 spiro atoms. The Morgan fingerprint density at radius 3 is 2.42 bits per heavy atom. The molecule has 0 bridgehead atoms. The van der Waals surface area contributed by atoms with Crippen molar-refractivity contribution < 1.29 is 9.18 Å². The standard InChI is InChI=1S/C24H19ClFN5OS/c1-16(17-9-13-20(26)14-10-17)27-28-22(32)15-33-24-30-29-23(18-7-11-19(25)12-8-18)31(24)21-5-3-2-4-6-21/h2-14H,15H2,1H3,(H,28,32)/b27-16+. The minimum Gasteiger partial charge on any atom is -0.272 e. The predicted octanol–water partition coefficient (Wildman–Crippen LogP) is 5.36. The zero-order valence-electron chi connectivity index (χ0n) is 17.6. The van der Waals surface area contributed by atoms with E-state index in [-0.39, 0.29) is 17.5 Å². The maximum Gasteiger partial charge on any atom is 0.250 e. The van der Waals surface area contributed by atoms with Crippen LogP contribution >= 0.6 is 23.4 Å².